The van der Waals surface area contributed by atoms with Crippen LogP contribution in [0.2, 0.25) is 5.02 Å². The Balaban J connectivity index is 1.53. The molecule has 4 rings (SSSR count). The number of carbonyl (C=O) groups excluding carboxylic acids is 2. The van der Waals surface area contributed by atoms with Crippen molar-refractivity contribution in [3.05, 3.63) is 46.0 Å². The molecule has 162 valence electrons. The van der Waals surface area contributed by atoms with E-state index in [1.807, 2.05) is 4.90 Å². The molecule has 0 aliphatic carbocycles. The Hall–Kier alpha value is -2.98. The number of anilines is 2. The number of piperidine rings is 1. The Morgan fingerprint density at radius 3 is 2.90 bits per heavy atom. The van der Waals surface area contributed by atoms with E-state index in [-0.39, 0.29) is 29.8 Å². The summed E-state index contributed by atoms with van der Waals surface area (Å²) in [5.41, 5.74) is 0.491. The number of rotatable bonds is 5. The van der Waals surface area contributed by atoms with Crippen LogP contribution in [-0.2, 0) is 16.1 Å². The molecule has 3 heterocycles. The summed E-state index contributed by atoms with van der Waals surface area (Å²) in [6.45, 7) is 1.12. The van der Waals surface area contributed by atoms with Crippen LogP contribution in [0.1, 0.15) is 12.8 Å². The Bertz CT molecular complexity index is 1190. The highest BCUT2D eigenvalue weighted by molar-refractivity contribution is 7.22. The average Bonchev–Trinajstić information content (AvgIpc) is 3.22. The normalized spacial score (nSPS) is 16.3. The molecule has 1 atom stereocenters. The number of aromatic nitrogens is 3. The van der Waals surface area contributed by atoms with Gasteiger partial charge in [-0.2, -0.15) is 4.98 Å². The molecular formula is C20H21ClN6O3S. The molecule has 0 unspecified atom stereocenters. The van der Waals surface area contributed by atoms with E-state index in [0.29, 0.717) is 32.7 Å². The SMILES string of the molecule is CNC(=O)[C@H]1CCCN(c2nc3ncn(CC(=O)Nc4ccccc4Cl)c(=O)c3s2)C1. The number of nitrogens with one attached hydrogen (secondary N) is 2. The third kappa shape index (κ3) is 4.54. The maximum Gasteiger partial charge on any atom is 0.273 e. The summed E-state index contributed by atoms with van der Waals surface area (Å²) in [5.74, 6) is -0.481. The lowest BCUT2D eigenvalue weighted by atomic mass is 9.98. The van der Waals surface area contributed by atoms with Crippen molar-refractivity contribution in [2.75, 3.05) is 30.4 Å². The van der Waals surface area contributed by atoms with Gasteiger partial charge in [0, 0.05) is 20.1 Å². The first-order valence-electron chi connectivity index (χ1n) is 9.83. The van der Waals surface area contributed by atoms with Crippen LogP contribution in [0.3, 0.4) is 0 Å². The summed E-state index contributed by atoms with van der Waals surface area (Å²) < 4.78 is 1.63. The second kappa shape index (κ2) is 9.03. The van der Waals surface area contributed by atoms with Gasteiger partial charge in [0.15, 0.2) is 10.8 Å². The van der Waals surface area contributed by atoms with E-state index in [2.05, 4.69) is 20.6 Å². The maximum absolute atomic E-state index is 12.9. The number of fused-ring (bicyclic) bond motifs is 1. The number of para-hydroxylation sites is 1. The highest BCUT2D eigenvalue weighted by Gasteiger charge is 2.27. The zero-order valence-corrected chi connectivity index (χ0v) is 18.4. The van der Waals surface area contributed by atoms with Crippen LogP contribution in [0.5, 0.6) is 0 Å². The number of halogens is 1. The fourth-order valence-corrected chi connectivity index (χ4v) is 4.75. The molecule has 11 heteroatoms. The van der Waals surface area contributed by atoms with E-state index in [4.69, 9.17) is 11.6 Å². The number of carbonyl (C=O) groups is 2. The Morgan fingerprint density at radius 1 is 1.32 bits per heavy atom. The second-order valence-corrected chi connectivity index (χ2v) is 8.64. The van der Waals surface area contributed by atoms with Crippen molar-refractivity contribution in [1.82, 2.24) is 19.9 Å². The Kier molecular flexibility index (Phi) is 6.19. The fourth-order valence-electron chi connectivity index (χ4n) is 3.56. The van der Waals surface area contributed by atoms with Gasteiger partial charge < -0.3 is 15.5 Å². The molecule has 0 bridgehead atoms. The molecule has 2 N–H and O–H groups in total. The van der Waals surface area contributed by atoms with Crippen molar-refractivity contribution >= 4 is 55.9 Å². The number of thiazole rings is 1. The minimum absolute atomic E-state index is 0.0100. The first kappa shape index (κ1) is 21.3. The summed E-state index contributed by atoms with van der Waals surface area (Å²) in [7, 11) is 1.63. The zero-order chi connectivity index (χ0) is 22.0. The molecule has 1 saturated heterocycles. The van der Waals surface area contributed by atoms with E-state index >= 15 is 0 Å². The molecule has 1 aliphatic heterocycles. The Labute approximate surface area is 187 Å². The summed E-state index contributed by atoms with van der Waals surface area (Å²) in [4.78, 5) is 48.1. The molecule has 9 nitrogen and oxygen atoms in total. The van der Waals surface area contributed by atoms with Crippen LogP contribution >= 0.6 is 22.9 Å². The standard InChI is InChI=1S/C20H21ClN6O3S/c1-22-18(29)12-5-4-8-26(9-12)20-25-17-16(31-20)19(30)27(11-23-17)10-15(28)24-14-7-3-2-6-13(14)21/h2-3,6-7,11-12H,4-5,8-10H2,1H3,(H,22,29)(H,24,28)/t12-/m0/s1. The molecule has 2 aromatic heterocycles. The predicted molar refractivity (Wildman–Crippen MR) is 121 cm³/mol. The lowest BCUT2D eigenvalue weighted by Gasteiger charge is -2.31. The largest absolute Gasteiger partial charge is 0.359 e. The van der Waals surface area contributed by atoms with E-state index in [9.17, 15) is 14.4 Å². The molecule has 3 aromatic rings. The number of benzene rings is 1. The zero-order valence-electron chi connectivity index (χ0n) is 16.8. The van der Waals surface area contributed by atoms with Crippen molar-refractivity contribution in [3.63, 3.8) is 0 Å². The molecule has 0 radical (unpaired) electrons. The fraction of sp³-hybridized carbons (Fsp3) is 0.350. The number of hydrogen-bond donors (Lipinski definition) is 2. The van der Waals surface area contributed by atoms with Crippen LogP contribution in [0.4, 0.5) is 10.8 Å². The van der Waals surface area contributed by atoms with Crippen LogP contribution in [0.25, 0.3) is 10.3 Å². The third-order valence-corrected chi connectivity index (χ3v) is 6.57. The van der Waals surface area contributed by atoms with Crippen LogP contribution in [0, 0.1) is 5.92 Å². The molecule has 1 aromatic carbocycles. The van der Waals surface area contributed by atoms with Gasteiger partial charge in [0.2, 0.25) is 11.8 Å². The summed E-state index contributed by atoms with van der Waals surface area (Å²) in [6, 6.07) is 6.88. The van der Waals surface area contributed by atoms with Crippen molar-refractivity contribution < 1.29 is 9.59 Å². The van der Waals surface area contributed by atoms with E-state index in [1.54, 1.807) is 31.3 Å². The molecular weight excluding hydrogens is 440 g/mol. The van der Waals surface area contributed by atoms with Crippen LogP contribution in [0.15, 0.2) is 35.4 Å². The van der Waals surface area contributed by atoms with E-state index in [0.717, 1.165) is 19.4 Å². The van der Waals surface area contributed by atoms with Crippen molar-refractivity contribution in [2.24, 2.45) is 5.92 Å². The van der Waals surface area contributed by atoms with Gasteiger partial charge in [-0.05, 0) is 25.0 Å². The lowest BCUT2D eigenvalue weighted by Crippen LogP contribution is -2.42. The highest BCUT2D eigenvalue weighted by Crippen LogP contribution is 2.29. The van der Waals surface area contributed by atoms with Crippen molar-refractivity contribution in [2.45, 2.75) is 19.4 Å². The Morgan fingerprint density at radius 2 is 2.13 bits per heavy atom. The van der Waals surface area contributed by atoms with Gasteiger partial charge >= 0.3 is 0 Å². The molecule has 1 fully saturated rings. The smallest absolute Gasteiger partial charge is 0.273 e. The number of nitrogens with zero attached hydrogens (tertiary/aromatic N) is 4. The molecule has 0 spiro atoms. The monoisotopic (exact) mass is 460 g/mol. The minimum atomic E-state index is -0.384. The van der Waals surface area contributed by atoms with Crippen LogP contribution < -0.4 is 21.1 Å². The number of amides is 2. The van der Waals surface area contributed by atoms with Gasteiger partial charge in [0.1, 0.15) is 17.6 Å². The molecule has 2 amide bonds. The van der Waals surface area contributed by atoms with Gasteiger partial charge in [0.25, 0.3) is 5.56 Å². The lowest BCUT2D eigenvalue weighted by molar-refractivity contribution is -0.124. The van der Waals surface area contributed by atoms with Gasteiger partial charge in [-0.1, -0.05) is 35.1 Å². The second-order valence-electron chi connectivity index (χ2n) is 7.25. The van der Waals surface area contributed by atoms with Gasteiger partial charge in [-0.15, -0.1) is 0 Å². The topological polar surface area (TPSA) is 109 Å². The third-order valence-electron chi connectivity index (χ3n) is 5.14. The summed E-state index contributed by atoms with van der Waals surface area (Å²) in [5, 5.41) is 6.47. The van der Waals surface area contributed by atoms with Gasteiger partial charge in [-0.3, -0.25) is 19.0 Å². The maximum atomic E-state index is 12.9. The van der Waals surface area contributed by atoms with Crippen molar-refractivity contribution in [3.8, 4) is 0 Å². The van der Waals surface area contributed by atoms with E-state index < -0.39 is 0 Å². The highest BCUT2D eigenvalue weighted by atomic mass is 35.5. The average molecular weight is 461 g/mol. The first-order chi connectivity index (χ1) is 15.0. The predicted octanol–water partition coefficient (Wildman–Crippen LogP) is 2.11. The van der Waals surface area contributed by atoms with Gasteiger partial charge in [0.05, 0.1) is 16.6 Å². The summed E-state index contributed by atoms with van der Waals surface area (Å²) in [6.07, 6.45) is 3.02. The van der Waals surface area contributed by atoms with Gasteiger partial charge in [-0.25, -0.2) is 4.98 Å². The van der Waals surface area contributed by atoms with Crippen molar-refractivity contribution in [1.29, 1.82) is 0 Å². The molecule has 0 saturated carbocycles. The number of hydrogen-bond acceptors (Lipinski definition) is 7. The van der Waals surface area contributed by atoms with E-state index in [1.165, 1.54) is 22.2 Å². The summed E-state index contributed by atoms with van der Waals surface area (Å²) >= 11 is 7.30. The first-order valence-corrected chi connectivity index (χ1v) is 11.0. The quantitative estimate of drug-likeness (QED) is 0.603. The minimum Gasteiger partial charge on any atom is -0.359 e. The van der Waals surface area contributed by atoms with Crippen LogP contribution in [-0.4, -0.2) is 46.5 Å². The molecule has 1 aliphatic rings. The molecule has 31 heavy (non-hydrogen) atoms.